The van der Waals surface area contributed by atoms with Crippen LogP contribution in [0.25, 0.3) is 0 Å². The summed E-state index contributed by atoms with van der Waals surface area (Å²) in [6.45, 7) is 1.16. The Morgan fingerprint density at radius 3 is 2.90 bits per heavy atom. The van der Waals surface area contributed by atoms with Gasteiger partial charge in [-0.3, -0.25) is 0 Å². The second kappa shape index (κ2) is 6.89. The van der Waals surface area contributed by atoms with Crippen molar-refractivity contribution in [1.29, 1.82) is 0 Å². The zero-order valence-corrected chi connectivity index (χ0v) is 15.3. The van der Waals surface area contributed by atoms with Crippen molar-refractivity contribution in [1.82, 2.24) is 4.90 Å². The molecule has 0 N–H and O–H groups in total. The minimum absolute atomic E-state index is 0. The van der Waals surface area contributed by atoms with E-state index < -0.39 is 0 Å². The minimum Gasteiger partial charge on any atom is -0.486 e. The van der Waals surface area contributed by atoms with Gasteiger partial charge >= 0.3 is 0 Å². The molecule has 21 heavy (non-hydrogen) atoms. The largest absolute Gasteiger partial charge is 0.486 e. The average Bonchev–Trinajstić information content (AvgIpc) is 2.75. The summed E-state index contributed by atoms with van der Waals surface area (Å²) >= 11 is 3.58. The molecule has 1 aromatic rings. The molecular weight excluding hydrogens is 350 g/mol. The van der Waals surface area contributed by atoms with Gasteiger partial charge in [-0.2, -0.15) is 0 Å². The third-order valence-corrected chi connectivity index (χ3v) is 5.39. The minimum atomic E-state index is 0. The predicted octanol–water partition coefficient (Wildman–Crippen LogP) is 4.69. The second-order valence-electron chi connectivity index (χ2n) is 6.63. The molecule has 3 rings (SSSR count). The van der Waals surface area contributed by atoms with Crippen LogP contribution in [0.15, 0.2) is 22.7 Å². The predicted molar refractivity (Wildman–Crippen MR) is 93.6 cm³/mol. The molecule has 1 aliphatic carbocycles. The molecule has 2 atom stereocenters. The number of hydrogen-bond donors (Lipinski definition) is 0. The van der Waals surface area contributed by atoms with Crippen LogP contribution >= 0.6 is 28.3 Å². The molecule has 1 aromatic carbocycles. The molecule has 0 saturated heterocycles. The fourth-order valence-corrected chi connectivity index (χ4v) is 4.24. The van der Waals surface area contributed by atoms with Gasteiger partial charge in [-0.25, -0.2) is 0 Å². The molecular formula is C17H25BrClNO. The van der Waals surface area contributed by atoms with Crippen LogP contribution in [0, 0.1) is 5.92 Å². The van der Waals surface area contributed by atoms with Crippen LogP contribution < -0.4 is 4.74 Å². The van der Waals surface area contributed by atoms with E-state index in [2.05, 4.69) is 53.1 Å². The lowest BCUT2D eigenvalue weighted by molar-refractivity contribution is -0.0111. The van der Waals surface area contributed by atoms with Gasteiger partial charge in [0, 0.05) is 16.8 Å². The second-order valence-corrected chi connectivity index (χ2v) is 7.55. The first kappa shape index (κ1) is 17.1. The van der Waals surface area contributed by atoms with Crippen molar-refractivity contribution in [2.24, 2.45) is 5.92 Å². The van der Waals surface area contributed by atoms with Gasteiger partial charge in [-0.05, 0) is 70.1 Å². The van der Waals surface area contributed by atoms with E-state index in [1.807, 2.05) is 0 Å². The maximum atomic E-state index is 6.50. The Bertz CT molecular complexity index is 494. The molecule has 0 amide bonds. The standard InChI is InChI=1S/C17H24BrNO.ClH/c1-19(2)10-8-14-5-3-4-9-17(14)12-13-11-15(18)6-7-16(13)20-17;/h6-7,11,14H,3-5,8-10,12H2,1-2H3;1H/t14-,17+;/m1./s1. The molecule has 0 unspecified atom stereocenters. The molecule has 1 heterocycles. The number of rotatable bonds is 3. The van der Waals surface area contributed by atoms with Crippen LogP contribution in [0.5, 0.6) is 5.75 Å². The fraction of sp³-hybridized carbons (Fsp3) is 0.647. The van der Waals surface area contributed by atoms with Crippen molar-refractivity contribution in [2.45, 2.75) is 44.1 Å². The molecule has 118 valence electrons. The summed E-state index contributed by atoms with van der Waals surface area (Å²) in [5.74, 6) is 1.81. The Balaban J connectivity index is 0.00000161. The summed E-state index contributed by atoms with van der Waals surface area (Å²) in [7, 11) is 4.33. The Morgan fingerprint density at radius 2 is 2.14 bits per heavy atom. The Hall–Kier alpha value is -0.250. The van der Waals surface area contributed by atoms with Gasteiger partial charge in [0.25, 0.3) is 0 Å². The summed E-state index contributed by atoms with van der Waals surface area (Å²) in [6.07, 6.45) is 7.57. The Labute approximate surface area is 142 Å². The molecule has 1 saturated carbocycles. The number of benzene rings is 1. The molecule has 1 aliphatic heterocycles. The SMILES string of the molecule is CN(C)CC[C@H]1CCCC[C@]12Cc1cc(Br)ccc1O2.Cl. The van der Waals surface area contributed by atoms with Crippen molar-refractivity contribution in [3.8, 4) is 5.75 Å². The van der Waals surface area contributed by atoms with Crippen LogP contribution in [0.3, 0.4) is 0 Å². The number of fused-ring (bicyclic) bond motifs is 1. The number of halogens is 2. The number of nitrogens with zero attached hydrogens (tertiary/aromatic N) is 1. The van der Waals surface area contributed by atoms with Gasteiger partial charge in [-0.1, -0.05) is 22.4 Å². The lowest BCUT2D eigenvalue weighted by Gasteiger charge is -2.41. The first-order chi connectivity index (χ1) is 9.59. The van der Waals surface area contributed by atoms with Crippen molar-refractivity contribution in [3.05, 3.63) is 28.2 Å². The van der Waals surface area contributed by atoms with Crippen molar-refractivity contribution < 1.29 is 4.74 Å². The topological polar surface area (TPSA) is 12.5 Å². The third kappa shape index (κ3) is 3.57. The lowest BCUT2D eigenvalue weighted by atomic mass is 9.71. The molecule has 1 spiro atoms. The molecule has 0 bridgehead atoms. The Morgan fingerprint density at radius 1 is 1.33 bits per heavy atom. The van der Waals surface area contributed by atoms with Crippen molar-refractivity contribution in [3.63, 3.8) is 0 Å². The first-order valence-electron chi connectivity index (χ1n) is 7.71. The first-order valence-corrected chi connectivity index (χ1v) is 8.50. The molecule has 2 aliphatic rings. The molecule has 0 radical (unpaired) electrons. The van der Waals surface area contributed by atoms with Crippen LogP contribution in [-0.2, 0) is 6.42 Å². The lowest BCUT2D eigenvalue weighted by Crippen LogP contribution is -2.46. The monoisotopic (exact) mass is 373 g/mol. The van der Waals surface area contributed by atoms with Gasteiger partial charge < -0.3 is 9.64 Å². The van der Waals surface area contributed by atoms with Crippen LogP contribution in [0.2, 0.25) is 0 Å². The van der Waals surface area contributed by atoms with Gasteiger partial charge in [0.05, 0.1) is 0 Å². The van der Waals surface area contributed by atoms with Crippen LogP contribution in [0.4, 0.5) is 0 Å². The van der Waals surface area contributed by atoms with E-state index in [1.165, 1.54) is 37.7 Å². The average molecular weight is 375 g/mol. The van der Waals surface area contributed by atoms with E-state index in [0.29, 0.717) is 5.92 Å². The zero-order valence-electron chi connectivity index (χ0n) is 12.9. The van der Waals surface area contributed by atoms with E-state index in [0.717, 1.165) is 23.2 Å². The van der Waals surface area contributed by atoms with E-state index in [1.54, 1.807) is 0 Å². The van der Waals surface area contributed by atoms with Gasteiger partial charge in [0.2, 0.25) is 0 Å². The fourth-order valence-electron chi connectivity index (χ4n) is 3.83. The van der Waals surface area contributed by atoms with E-state index >= 15 is 0 Å². The molecule has 1 fully saturated rings. The third-order valence-electron chi connectivity index (χ3n) is 4.90. The highest BCUT2D eigenvalue weighted by Gasteiger charge is 2.46. The van der Waals surface area contributed by atoms with Crippen molar-refractivity contribution >= 4 is 28.3 Å². The quantitative estimate of drug-likeness (QED) is 0.761. The molecule has 2 nitrogen and oxygen atoms in total. The van der Waals surface area contributed by atoms with Gasteiger partial charge in [0.15, 0.2) is 0 Å². The maximum Gasteiger partial charge on any atom is 0.123 e. The van der Waals surface area contributed by atoms with Crippen LogP contribution in [-0.4, -0.2) is 31.1 Å². The normalized spacial score (nSPS) is 27.3. The van der Waals surface area contributed by atoms with Gasteiger partial charge in [0.1, 0.15) is 11.4 Å². The van der Waals surface area contributed by atoms with E-state index in [-0.39, 0.29) is 18.0 Å². The van der Waals surface area contributed by atoms with Crippen LogP contribution in [0.1, 0.15) is 37.7 Å². The summed E-state index contributed by atoms with van der Waals surface area (Å²) in [4.78, 5) is 2.29. The summed E-state index contributed by atoms with van der Waals surface area (Å²) in [5, 5.41) is 0. The number of hydrogen-bond acceptors (Lipinski definition) is 2. The molecule has 4 heteroatoms. The summed E-state index contributed by atoms with van der Waals surface area (Å²) in [5.41, 5.74) is 1.47. The zero-order chi connectivity index (χ0) is 14.2. The van der Waals surface area contributed by atoms with Gasteiger partial charge in [-0.15, -0.1) is 12.4 Å². The Kier molecular flexibility index (Phi) is 5.61. The summed E-state index contributed by atoms with van der Waals surface area (Å²) < 4.78 is 7.66. The smallest absolute Gasteiger partial charge is 0.123 e. The van der Waals surface area contributed by atoms with Crippen molar-refractivity contribution in [2.75, 3.05) is 20.6 Å². The number of ether oxygens (including phenoxy) is 1. The van der Waals surface area contributed by atoms with E-state index in [4.69, 9.17) is 4.74 Å². The van der Waals surface area contributed by atoms with E-state index in [9.17, 15) is 0 Å². The highest BCUT2D eigenvalue weighted by molar-refractivity contribution is 9.10. The highest BCUT2D eigenvalue weighted by Crippen LogP contribution is 2.48. The summed E-state index contributed by atoms with van der Waals surface area (Å²) in [6, 6.07) is 6.46. The molecule has 0 aromatic heterocycles. The maximum absolute atomic E-state index is 6.50. The highest BCUT2D eigenvalue weighted by atomic mass is 79.9.